The molecule has 3 rings (SSSR count). The summed E-state index contributed by atoms with van der Waals surface area (Å²) in [4.78, 5) is 22.1. The maximum absolute atomic E-state index is 13.2. The van der Waals surface area contributed by atoms with Gasteiger partial charge in [0.2, 0.25) is 0 Å². The number of likely N-dealkylation sites (N-methyl/N-ethyl adjacent to an activating group) is 1. The van der Waals surface area contributed by atoms with Gasteiger partial charge in [-0.05, 0) is 56.3 Å². The third kappa shape index (κ3) is 6.12. The average molecular weight is 478 g/mol. The number of hydrogen-bond donors (Lipinski definition) is 0. The van der Waals surface area contributed by atoms with Crippen LogP contribution < -0.4 is 14.4 Å². The Morgan fingerprint density at radius 2 is 1.78 bits per heavy atom. The molecule has 174 valence electrons. The van der Waals surface area contributed by atoms with Gasteiger partial charge in [-0.2, -0.15) is 0 Å². The topological polar surface area (TPSA) is 54.9 Å². The van der Waals surface area contributed by atoms with Gasteiger partial charge in [0.1, 0.15) is 11.5 Å². The molecular formula is C24H32ClN3O3S. The predicted molar refractivity (Wildman–Crippen MR) is 135 cm³/mol. The molecule has 2 aromatic carbocycles. The molecule has 8 heteroatoms. The van der Waals surface area contributed by atoms with Gasteiger partial charge in [0.25, 0.3) is 5.91 Å². The summed E-state index contributed by atoms with van der Waals surface area (Å²) < 4.78 is 12.1. The molecule has 32 heavy (non-hydrogen) atoms. The van der Waals surface area contributed by atoms with E-state index in [-0.39, 0.29) is 24.9 Å². The van der Waals surface area contributed by atoms with E-state index in [0.717, 1.165) is 40.5 Å². The SMILES string of the molecule is CCN(CC)CCN(C(=O)COc1cccc(OC)c1)c1nc2c(C)c(C)ccc2s1.Cl. The third-order valence-corrected chi connectivity index (χ3v) is 6.59. The number of hydrogen-bond acceptors (Lipinski definition) is 6. The first-order valence-electron chi connectivity index (χ1n) is 10.6. The molecule has 3 aromatic rings. The van der Waals surface area contributed by atoms with E-state index < -0.39 is 0 Å². The minimum absolute atomic E-state index is 0. The molecule has 1 heterocycles. The lowest BCUT2D eigenvalue weighted by Crippen LogP contribution is -2.41. The van der Waals surface area contributed by atoms with Crippen LogP contribution >= 0.6 is 23.7 Å². The second-order valence-corrected chi connectivity index (χ2v) is 8.40. The number of anilines is 1. The van der Waals surface area contributed by atoms with Crippen molar-refractivity contribution >= 4 is 45.0 Å². The highest BCUT2D eigenvalue weighted by Gasteiger charge is 2.22. The van der Waals surface area contributed by atoms with Gasteiger partial charge in [-0.25, -0.2) is 4.98 Å². The fraction of sp³-hybridized carbons (Fsp3) is 0.417. The van der Waals surface area contributed by atoms with Crippen molar-refractivity contribution in [1.29, 1.82) is 0 Å². The Bertz CT molecular complexity index is 1040. The van der Waals surface area contributed by atoms with Crippen LogP contribution in [0.15, 0.2) is 36.4 Å². The highest BCUT2D eigenvalue weighted by molar-refractivity contribution is 7.22. The Hall–Kier alpha value is -2.35. The van der Waals surface area contributed by atoms with Crippen LogP contribution in [0.1, 0.15) is 25.0 Å². The zero-order valence-corrected chi connectivity index (χ0v) is 21.0. The molecule has 0 N–H and O–H groups in total. The first-order chi connectivity index (χ1) is 15.0. The van der Waals surface area contributed by atoms with E-state index in [9.17, 15) is 4.79 Å². The molecule has 0 atom stereocenters. The molecule has 0 aliphatic carbocycles. The Morgan fingerprint density at radius 1 is 1.06 bits per heavy atom. The van der Waals surface area contributed by atoms with E-state index in [1.807, 2.05) is 18.2 Å². The van der Waals surface area contributed by atoms with Crippen LogP contribution in [0.4, 0.5) is 5.13 Å². The summed E-state index contributed by atoms with van der Waals surface area (Å²) in [6, 6.07) is 11.5. The number of benzene rings is 2. The molecule has 1 aromatic heterocycles. The van der Waals surface area contributed by atoms with Crippen molar-refractivity contribution in [3.63, 3.8) is 0 Å². The number of thiazole rings is 1. The number of ether oxygens (including phenoxy) is 2. The first-order valence-corrected chi connectivity index (χ1v) is 11.4. The van der Waals surface area contributed by atoms with Gasteiger partial charge in [-0.15, -0.1) is 12.4 Å². The molecule has 0 bridgehead atoms. The van der Waals surface area contributed by atoms with E-state index in [2.05, 4.69) is 44.7 Å². The lowest BCUT2D eigenvalue weighted by atomic mass is 10.1. The van der Waals surface area contributed by atoms with Crippen LogP contribution in [-0.2, 0) is 4.79 Å². The number of carbonyl (C=O) groups is 1. The molecule has 1 amide bonds. The Kier molecular flexibility index (Phi) is 9.75. The summed E-state index contributed by atoms with van der Waals surface area (Å²) in [6.45, 7) is 11.6. The quantitative estimate of drug-likeness (QED) is 0.406. The van der Waals surface area contributed by atoms with E-state index in [1.54, 1.807) is 29.4 Å². The van der Waals surface area contributed by atoms with Crippen LogP contribution in [-0.4, -0.2) is 55.7 Å². The van der Waals surface area contributed by atoms with E-state index in [0.29, 0.717) is 18.0 Å². The molecule has 0 radical (unpaired) electrons. The Balaban J connectivity index is 0.00000363. The van der Waals surface area contributed by atoms with E-state index >= 15 is 0 Å². The molecule has 0 fully saturated rings. The van der Waals surface area contributed by atoms with Crippen molar-refractivity contribution in [2.75, 3.05) is 44.8 Å². The number of halogens is 1. The monoisotopic (exact) mass is 477 g/mol. The minimum Gasteiger partial charge on any atom is -0.497 e. The minimum atomic E-state index is -0.108. The number of rotatable bonds is 10. The number of methoxy groups -OCH3 is 1. The summed E-state index contributed by atoms with van der Waals surface area (Å²) in [5.74, 6) is 1.19. The number of fused-ring (bicyclic) bond motifs is 1. The van der Waals surface area contributed by atoms with Crippen molar-refractivity contribution in [3.8, 4) is 11.5 Å². The van der Waals surface area contributed by atoms with Gasteiger partial charge in [0.05, 0.1) is 17.3 Å². The second kappa shape index (κ2) is 12.0. The van der Waals surface area contributed by atoms with Gasteiger partial charge in [-0.1, -0.05) is 37.3 Å². The zero-order chi connectivity index (χ0) is 22.4. The number of aromatic nitrogens is 1. The normalized spacial score (nSPS) is 10.8. The number of amides is 1. The lowest BCUT2D eigenvalue weighted by Gasteiger charge is -2.24. The summed E-state index contributed by atoms with van der Waals surface area (Å²) in [7, 11) is 1.61. The van der Waals surface area contributed by atoms with Crippen LogP contribution in [0.2, 0.25) is 0 Å². The molecular weight excluding hydrogens is 446 g/mol. The smallest absolute Gasteiger partial charge is 0.266 e. The second-order valence-electron chi connectivity index (χ2n) is 7.39. The maximum Gasteiger partial charge on any atom is 0.266 e. The number of nitrogens with zero attached hydrogens (tertiary/aromatic N) is 3. The van der Waals surface area contributed by atoms with E-state index in [1.165, 1.54) is 5.56 Å². The average Bonchev–Trinajstić information content (AvgIpc) is 3.22. The van der Waals surface area contributed by atoms with Crippen LogP contribution in [0.3, 0.4) is 0 Å². The summed E-state index contributed by atoms with van der Waals surface area (Å²) in [6.07, 6.45) is 0. The van der Waals surface area contributed by atoms with Gasteiger partial charge in [-0.3, -0.25) is 9.69 Å². The molecule has 0 spiro atoms. The van der Waals surface area contributed by atoms with Gasteiger partial charge >= 0.3 is 0 Å². The highest BCUT2D eigenvalue weighted by Crippen LogP contribution is 2.32. The molecule has 0 saturated heterocycles. The predicted octanol–water partition coefficient (Wildman–Crippen LogP) is 5.10. The zero-order valence-electron chi connectivity index (χ0n) is 19.4. The van der Waals surface area contributed by atoms with Gasteiger partial charge in [0, 0.05) is 19.2 Å². The maximum atomic E-state index is 13.2. The van der Waals surface area contributed by atoms with Gasteiger partial charge < -0.3 is 14.4 Å². The summed E-state index contributed by atoms with van der Waals surface area (Å²) in [5, 5.41) is 0.718. The molecule has 0 unspecified atom stereocenters. The Morgan fingerprint density at radius 3 is 2.47 bits per heavy atom. The van der Waals surface area contributed by atoms with Crippen molar-refractivity contribution < 1.29 is 14.3 Å². The van der Waals surface area contributed by atoms with Crippen LogP contribution in [0.5, 0.6) is 11.5 Å². The van der Waals surface area contributed by atoms with E-state index in [4.69, 9.17) is 14.5 Å². The van der Waals surface area contributed by atoms with Crippen molar-refractivity contribution in [1.82, 2.24) is 9.88 Å². The van der Waals surface area contributed by atoms with Crippen molar-refractivity contribution in [2.45, 2.75) is 27.7 Å². The van der Waals surface area contributed by atoms with Crippen molar-refractivity contribution in [3.05, 3.63) is 47.5 Å². The highest BCUT2D eigenvalue weighted by atomic mass is 35.5. The molecule has 6 nitrogen and oxygen atoms in total. The van der Waals surface area contributed by atoms with Crippen LogP contribution in [0.25, 0.3) is 10.2 Å². The Labute approximate surface area is 200 Å². The standard InChI is InChI=1S/C24H31N3O3S.ClH/c1-6-26(7-2)13-14-27(22(28)16-30-20-10-8-9-19(15-20)29-5)24-25-23-18(4)17(3)11-12-21(23)31-24;/h8-12,15H,6-7,13-14,16H2,1-5H3;1H. The fourth-order valence-electron chi connectivity index (χ4n) is 3.35. The van der Waals surface area contributed by atoms with Crippen LogP contribution in [0, 0.1) is 13.8 Å². The molecule has 0 aliphatic heterocycles. The summed E-state index contributed by atoms with van der Waals surface area (Å²) in [5.41, 5.74) is 3.32. The first kappa shape index (κ1) is 25.9. The largest absolute Gasteiger partial charge is 0.497 e. The molecule has 0 saturated carbocycles. The molecule has 0 aliphatic rings. The lowest BCUT2D eigenvalue weighted by molar-refractivity contribution is -0.120. The van der Waals surface area contributed by atoms with Gasteiger partial charge in [0.15, 0.2) is 11.7 Å². The van der Waals surface area contributed by atoms with Crippen molar-refractivity contribution in [2.24, 2.45) is 0 Å². The summed E-state index contributed by atoms with van der Waals surface area (Å²) >= 11 is 1.55. The fourth-order valence-corrected chi connectivity index (χ4v) is 4.42. The third-order valence-electron chi connectivity index (χ3n) is 5.54. The number of aryl methyl sites for hydroxylation is 2. The number of carbonyl (C=O) groups excluding carboxylic acids is 1.